The van der Waals surface area contributed by atoms with Crippen LogP contribution in [0.4, 0.5) is 0 Å². The van der Waals surface area contributed by atoms with Crippen molar-refractivity contribution in [2.24, 2.45) is 0 Å². The fourth-order valence-corrected chi connectivity index (χ4v) is 1.70. The zero-order valence-corrected chi connectivity index (χ0v) is 6.44. The third-order valence-electron chi connectivity index (χ3n) is 1.35. The highest BCUT2D eigenvalue weighted by Crippen LogP contribution is 2.14. The van der Waals surface area contributed by atoms with E-state index in [0.29, 0.717) is 5.56 Å². The van der Waals surface area contributed by atoms with Crippen molar-refractivity contribution in [1.29, 1.82) is 0 Å². The first kappa shape index (κ1) is 7.28. The van der Waals surface area contributed by atoms with Gasteiger partial charge in [-0.2, -0.15) is 11.3 Å². The highest BCUT2D eigenvalue weighted by molar-refractivity contribution is 7.08. The summed E-state index contributed by atoms with van der Waals surface area (Å²) in [6.07, 6.45) is 0.797. The minimum Gasteiger partial charge on any atom is -0.478 e. The van der Waals surface area contributed by atoms with Crippen molar-refractivity contribution < 1.29 is 9.90 Å². The van der Waals surface area contributed by atoms with Crippen LogP contribution in [0.25, 0.3) is 0 Å². The molecular formula is C7H8O2S. The standard InChI is InChI=1S/C7H8O2S/c1-2-5-3-10-4-6(5)7(8)9/h3-4H,2H2,1H3,(H,8,9). The van der Waals surface area contributed by atoms with Crippen molar-refractivity contribution in [2.75, 3.05) is 0 Å². The van der Waals surface area contributed by atoms with Crippen molar-refractivity contribution in [1.82, 2.24) is 0 Å². The Kier molecular flexibility index (Phi) is 2.06. The Morgan fingerprint density at radius 3 is 2.80 bits per heavy atom. The molecule has 1 aromatic rings. The highest BCUT2D eigenvalue weighted by Gasteiger charge is 2.07. The SMILES string of the molecule is CCc1cscc1C(=O)O. The molecule has 0 radical (unpaired) electrons. The predicted molar refractivity (Wildman–Crippen MR) is 40.7 cm³/mol. The molecule has 1 N–H and O–H groups in total. The Labute approximate surface area is 63.1 Å². The fraction of sp³-hybridized carbons (Fsp3) is 0.286. The first-order chi connectivity index (χ1) is 4.75. The van der Waals surface area contributed by atoms with Crippen LogP contribution in [0, 0.1) is 0 Å². The Balaban J connectivity index is 3.01. The number of thiophene rings is 1. The van der Waals surface area contributed by atoms with E-state index in [0.717, 1.165) is 12.0 Å². The molecule has 2 nitrogen and oxygen atoms in total. The van der Waals surface area contributed by atoms with E-state index in [4.69, 9.17) is 5.11 Å². The first-order valence-electron chi connectivity index (χ1n) is 3.04. The van der Waals surface area contributed by atoms with E-state index in [-0.39, 0.29) is 0 Å². The zero-order valence-electron chi connectivity index (χ0n) is 5.63. The van der Waals surface area contributed by atoms with Gasteiger partial charge in [0.1, 0.15) is 0 Å². The molecule has 0 aliphatic heterocycles. The van der Waals surface area contributed by atoms with Gasteiger partial charge in [-0.3, -0.25) is 0 Å². The third-order valence-corrected chi connectivity index (χ3v) is 2.15. The van der Waals surface area contributed by atoms with Crippen LogP contribution in [-0.2, 0) is 6.42 Å². The largest absolute Gasteiger partial charge is 0.478 e. The molecular weight excluding hydrogens is 148 g/mol. The van der Waals surface area contributed by atoms with Crippen molar-refractivity contribution in [3.8, 4) is 0 Å². The fourth-order valence-electron chi connectivity index (χ4n) is 0.785. The first-order valence-corrected chi connectivity index (χ1v) is 3.98. The molecule has 1 heterocycles. The number of carbonyl (C=O) groups is 1. The monoisotopic (exact) mass is 156 g/mol. The van der Waals surface area contributed by atoms with Gasteiger partial charge >= 0.3 is 5.97 Å². The molecule has 54 valence electrons. The molecule has 0 saturated carbocycles. The van der Waals surface area contributed by atoms with Gasteiger partial charge in [0.05, 0.1) is 5.56 Å². The van der Waals surface area contributed by atoms with Crippen molar-refractivity contribution >= 4 is 17.3 Å². The number of hydrogen-bond acceptors (Lipinski definition) is 2. The van der Waals surface area contributed by atoms with Gasteiger partial charge in [-0.25, -0.2) is 4.79 Å². The molecule has 0 atom stereocenters. The number of hydrogen-bond donors (Lipinski definition) is 1. The maximum Gasteiger partial charge on any atom is 0.336 e. The minimum absolute atomic E-state index is 0.451. The Morgan fingerprint density at radius 2 is 2.40 bits per heavy atom. The van der Waals surface area contributed by atoms with Gasteiger partial charge in [-0.1, -0.05) is 6.92 Å². The summed E-state index contributed by atoms with van der Waals surface area (Å²) < 4.78 is 0. The van der Waals surface area contributed by atoms with Crippen LogP contribution in [0.15, 0.2) is 10.8 Å². The summed E-state index contributed by atoms with van der Waals surface area (Å²) in [7, 11) is 0. The summed E-state index contributed by atoms with van der Waals surface area (Å²) in [5.74, 6) is -0.821. The third kappa shape index (κ3) is 1.19. The lowest BCUT2D eigenvalue weighted by atomic mass is 10.1. The van der Waals surface area contributed by atoms with E-state index in [1.807, 2.05) is 12.3 Å². The molecule has 1 aromatic heterocycles. The van der Waals surface area contributed by atoms with E-state index >= 15 is 0 Å². The molecule has 3 heteroatoms. The molecule has 0 fully saturated rings. The lowest BCUT2D eigenvalue weighted by Gasteiger charge is -1.91. The molecule has 0 aliphatic carbocycles. The Hall–Kier alpha value is -0.830. The molecule has 10 heavy (non-hydrogen) atoms. The second-order valence-corrected chi connectivity index (χ2v) is 2.71. The number of rotatable bonds is 2. The Bertz CT molecular complexity index is 240. The van der Waals surface area contributed by atoms with E-state index in [2.05, 4.69) is 0 Å². The molecule has 0 unspecified atom stereocenters. The van der Waals surface area contributed by atoms with E-state index in [9.17, 15) is 4.79 Å². The van der Waals surface area contributed by atoms with Crippen LogP contribution in [-0.4, -0.2) is 11.1 Å². The highest BCUT2D eigenvalue weighted by atomic mass is 32.1. The Morgan fingerprint density at radius 1 is 1.70 bits per heavy atom. The summed E-state index contributed by atoms with van der Waals surface area (Å²) in [4.78, 5) is 10.4. The lowest BCUT2D eigenvalue weighted by molar-refractivity contribution is 0.0696. The van der Waals surface area contributed by atoms with Crippen molar-refractivity contribution in [3.63, 3.8) is 0 Å². The summed E-state index contributed by atoms with van der Waals surface area (Å²) in [5, 5.41) is 12.1. The average Bonchev–Trinajstić information content (AvgIpc) is 2.33. The van der Waals surface area contributed by atoms with Crippen LogP contribution >= 0.6 is 11.3 Å². The summed E-state index contributed by atoms with van der Waals surface area (Å²) in [6, 6.07) is 0. The molecule has 0 bridgehead atoms. The van der Waals surface area contributed by atoms with Gasteiger partial charge in [-0.05, 0) is 17.4 Å². The smallest absolute Gasteiger partial charge is 0.336 e. The van der Waals surface area contributed by atoms with Crippen LogP contribution in [0.3, 0.4) is 0 Å². The van der Waals surface area contributed by atoms with E-state index < -0.39 is 5.97 Å². The van der Waals surface area contributed by atoms with Gasteiger partial charge < -0.3 is 5.11 Å². The predicted octanol–water partition coefficient (Wildman–Crippen LogP) is 2.01. The van der Waals surface area contributed by atoms with E-state index in [1.165, 1.54) is 11.3 Å². The average molecular weight is 156 g/mol. The van der Waals surface area contributed by atoms with Gasteiger partial charge in [0, 0.05) is 5.38 Å². The normalized spacial score (nSPS) is 9.70. The lowest BCUT2D eigenvalue weighted by Crippen LogP contribution is -1.96. The van der Waals surface area contributed by atoms with Crippen molar-refractivity contribution in [3.05, 3.63) is 21.9 Å². The maximum absolute atomic E-state index is 10.4. The quantitative estimate of drug-likeness (QED) is 0.711. The number of carboxylic acid groups (broad SMARTS) is 1. The number of carboxylic acids is 1. The zero-order chi connectivity index (χ0) is 7.56. The summed E-state index contributed by atoms with van der Waals surface area (Å²) >= 11 is 1.44. The van der Waals surface area contributed by atoms with Crippen LogP contribution < -0.4 is 0 Å². The molecule has 0 spiro atoms. The topological polar surface area (TPSA) is 37.3 Å². The van der Waals surface area contributed by atoms with Crippen LogP contribution in [0.2, 0.25) is 0 Å². The van der Waals surface area contributed by atoms with Gasteiger partial charge in [-0.15, -0.1) is 0 Å². The molecule has 0 saturated heterocycles. The number of aryl methyl sites for hydroxylation is 1. The summed E-state index contributed by atoms with van der Waals surface area (Å²) in [5.41, 5.74) is 1.38. The van der Waals surface area contributed by atoms with Crippen molar-refractivity contribution in [2.45, 2.75) is 13.3 Å². The second-order valence-electron chi connectivity index (χ2n) is 1.97. The van der Waals surface area contributed by atoms with Crippen LogP contribution in [0.5, 0.6) is 0 Å². The van der Waals surface area contributed by atoms with E-state index in [1.54, 1.807) is 5.38 Å². The van der Waals surface area contributed by atoms with Crippen LogP contribution in [0.1, 0.15) is 22.8 Å². The summed E-state index contributed by atoms with van der Waals surface area (Å²) in [6.45, 7) is 1.95. The van der Waals surface area contributed by atoms with Gasteiger partial charge in [0.2, 0.25) is 0 Å². The maximum atomic E-state index is 10.4. The molecule has 0 aliphatic rings. The van der Waals surface area contributed by atoms with Gasteiger partial charge in [0.15, 0.2) is 0 Å². The molecule has 0 aromatic carbocycles. The molecule has 0 amide bonds. The second kappa shape index (κ2) is 2.84. The minimum atomic E-state index is -0.821. The number of aromatic carboxylic acids is 1. The van der Waals surface area contributed by atoms with Gasteiger partial charge in [0.25, 0.3) is 0 Å². The molecule has 1 rings (SSSR count).